The summed E-state index contributed by atoms with van der Waals surface area (Å²) in [6.07, 6.45) is 3.65. The maximum Gasteiger partial charge on any atom is 0.224 e. The van der Waals surface area contributed by atoms with E-state index in [1.54, 1.807) is 19.2 Å². The molecule has 2 amide bonds. The molecule has 0 radical (unpaired) electrons. The number of hydrogen-bond acceptors (Lipinski definition) is 5. The van der Waals surface area contributed by atoms with E-state index in [4.69, 9.17) is 9.47 Å². The van der Waals surface area contributed by atoms with Gasteiger partial charge in [-0.1, -0.05) is 18.2 Å². The van der Waals surface area contributed by atoms with Gasteiger partial charge in [0, 0.05) is 36.7 Å². The zero-order valence-electron chi connectivity index (χ0n) is 21.6. The Balaban J connectivity index is 1.36. The number of hydrogen-bond donors (Lipinski definition) is 2. The maximum absolute atomic E-state index is 14.4. The van der Waals surface area contributed by atoms with Gasteiger partial charge in [-0.15, -0.1) is 0 Å². The molecule has 7 nitrogen and oxygen atoms in total. The number of amides is 2. The van der Waals surface area contributed by atoms with E-state index in [0.29, 0.717) is 22.9 Å². The number of carbonyl (C=O) groups excluding carboxylic acids is 2. The van der Waals surface area contributed by atoms with Crippen molar-refractivity contribution in [3.63, 3.8) is 0 Å². The highest BCUT2D eigenvalue weighted by molar-refractivity contribution is 5.93. The Kier molecular flexibility index (Phi) is 7.49. The van der Waals surface area contributed by atoms with Gasteiger partial charge in [0.2, 0.25) is 11.8 Å². The normalized spacial score (nSPS) is 18.2. The second-order valence-corrected chi connectivity index (χ2v) is 9.95. The number of rotatable bonds is 10. The lowest BCUT2D eigenvalue weighted by Gasteiger charge is -2.37. The van der Waals surface area contributed by atoms with Crippen molar-refractivity contribution in [2.24, 2.45) is 5.92 Å². The summed E-state index contributed by atoms with van der Waals surface area (Å²) in [6.45, 7) is 1.63. The molecule has 0 bridgehead atoms. The maximum atomic E-state index is 14.4. The third kappa shape index (κ3) is 6.07. The van der Waals surface area contributed by atoms with Gasteiger partial charge < -0.3 is 25.0 Å². The molecule has 8 heteroatoms. The predicted molar refractivity (Wildman–Crippen MR) is 144 cm³/mol. The average Bonchev–Trinajstić information content (AvgIpc) is 3.74. The summed E-state index contributed by atoms with van der Waals surface area (Å²) in [7, 11) is 1.59. The van der Waals surface area contributed by atoms with Crippen LogP contribution in [0.25, 0.3) is 0 Å². The second kappa shape index (κ2) is 11.1. The van der Waals surface area contributed by atoms with Gasteiger partial charge >= 0.3 is 0 Å². The monoisotopic (exact) mass is 517 g/mol. The standard InChI is InChI=1S/C30H32FN3O4/c1-19(35)34(28-15-22(31)10-13-29(28)38-25-6-4-3-5-7-25)18-21-14-26(37-2)11-12-27(21)32-23-16-24(17-23)33-30(36)20-8-9-20/h3-7,10-15,20,23-24,32H,8-9,16-18H2,1-2H3,(H,33,36). The molecule has 0 spiro atoms. The van der Waals surface area contributed by atoms with Gasteiger partial charge in [-0.2, -0.15) is 0 Å². The highest BCUT2D eigenvalue weighted by atomic mass is 19.1. The number of benzene rings is 3. The molecule has 0 aliphatic heterocycles. The van der Waals surface area contributed by atoms with Gasteiger partial charge in [0.15, 0.2) is 5.75 Å². The SMILES string of the molecule is COc1ccc(NC2CC(NC(=O)C3CC3)C2)c(CN(C(C)=O)c2cc(F)ccc2Oc2ccccc2)c1. The second-order valence-electron chi connectivity index (χ2n) is 9.95. The zero-order chi connectivity index (χ0) is 26.6. The Morgan fingerprint density at radius 3 is 2.42 bits per heavy atom. The first-order valence-corrected chi connectivity index (χ1v) is 12.9. The number of ether oxygens (including phenoxy) is 2. The average molecular weight is 518 g/mol. The molecule has 0 unspecified atom stereocenters. The fraction of sp³-hybridized carbons (Fsp3) is 0.333. The fourth-order valence-electron chi connectivity index (χ4n) is 4.65. The first-order valence-electron chi connectivity index (χ1n) is 12.9. The van der Waals surface area contributed by atoms with E-state index in [1.165, 1.54) is 30.0 Å². The quantitative estimate of drug-likeness (QED) is 0.363. The molecule has 38 heavy (non-hydrogen) atoms. The minimum Gasteiger partial charge on any atom is -0.497 e. The van der Waals surface area contributed by atoms with Gasteiger partial charge in [-0.05, 0) is 73.7 Å². The number of nitrogens with zero attached hydrogens (tertiary/aromatic N) is 1. The molecule has 0 saturated heterocycles. The molecule has 198 valence electrons. The van der Waals surface area contributed by atoms with E-state index in [1.807, 2.05) is 36.4 Å². The minimum atomic E-state index is -0.468. The summed E-state index contributed by atoms with van der Waals surface area (Å²) >= 11 is 0. The Morgan fingerprint density at radius 1 is 0.974 bits per heavy atom. The summed E-state index contributed by atoms with van der Waals surface area (Å²) in [4.78, 5) is 26.4. The van der Waals surface area contributed by atoms with Crippen LogP contribution in [-0.4, -0.2) is 31.0 Å². The van der Waals surface area contributed by atoms with Gasteiger partial charge in [-0.25, -0.2) is 4.39 Å². The van der Waals surface area contributed by atoms with Crippen LogP contribution in [0.1, 0.15) is 38.2 Å². The number of halogens is 1. The highest BCUT2D eigenvalue weighted by Gasteiger charge is 2.35. The van der Waals surface area contributed by atoms with Crippen molar-refractivity contribution < 1.29 is 23.5 Å². The van der Waals surface area contributed by atoms with Crippen LogP contribution in [-0.2, 0) is 16.1 Å². The Bertz CT molecular complexity index is 1310. The van der Waals surface area contributed by atoms with E-state index in [2.05, 4.69) is 10.6 Å². The molecule has 0 heterocycles. The molecule has 2 aliphatic rings. The topological polar surface area (TPSA) is 79.9 Å². The number of para-hydroxylation sites is 1. The largest absolute Gasteiger partial charge is 0.497 e. The first-order chi connectivity index (χ1) is 18.4. The number of methoxy groups -OCH3 is 1. The van der Waals surface area contributed by atoms with Crippen LogP contribution in [0.15, 0.2) is 66.7 Å². The van der Waals surface area contributed by atoms with Crippen LogP contribution in [0.5, 0.6) is 17.2 Å². The van der Waals surface area contributed by atoms with Gasteiger partial charge in [0.25, 0.3) is 0 Å². The van der Waals surface area contributed by atoms with Crippen LogP contribution in [0.4, 0.5) is 15.8 Å². The van der Waals surface area contributed by atoms with E-state index >= 15 is 0 Å². The van der Waals surface area contributed by atoms with Crippen LogP contribution < -0.4 is 25.0 Å². The van der Waals surface area contributed by atoms with Crippen LogP contribution in [0, 0.1) is 11.7 Å². The Morgan fingerprint density at radius 2 is 1.74 bits per heavy atom. The third-order valence-corrected chi connectivity index (χ3v) is 7.00. The molecule has 2 saturated carbocycles. The smallest absolute Gasteiger partial charge is 0.224 e. The van der Waals surface area contributed by atoms with Crippen molar-refractivity contribution >= 4 is 23.2 Å². The molecule has 2 fully saturated rings. The molecular weight excluding hydrogens is 485 g/mol. The fourth-order valence-corrected chi connectivity index (χ4v) is 4.65. The van der Waals surface area contributed by atoms with Gasteiger partial charge in [0.1, 0.15) is 17.3 Å². The molecule has 3 aromatic rings. The number of anilines is 2. The van der Waals surface area contributed by atoms with Crippen molar-refractivity contribution in [2.45, 2.75) is 51.2 Å². The highest BCUT2D eigenvalue weighted by Crippen LogP contribution is 2.36. The minimum absolute atomic E-state index is 0.166. The molecule has 0 atom stereocenters. The van der Waals surface area contributed by atoms with Gasteiger partial charge in [-0.3, -0.25) is 9.59 Å². The van der Waals surface area contributed by atoms with Crippen molar-refractivity contribution in [1.29, 1.82) is 0 Å². The predicted octanol–water partition coefficient (Wildman–Crippen LogP) is 5.65. The van der Waals surface area contributed by atoms with Crippen molar-refractivity contribution in [1.82, 2.24) is 5.32 Å². The molecule has 0 aromatic heterocycles. The van der Waals surface area contributed by atoms with E-state index in [9.17, 15) is 14.0 Å². The summed E-state index contributed by atoms with van der Waals surface area (Å²) < 4.78 is 25.9. The van der Waals surface area contributed by atoms with E-state index in [-0.39, 0.29) is 36.4 Å². The van der Waals surface area contributed by atoms with E-state index < -0.39 is 5.82 Å². The zero-order valence-corrected chi connectivity index (χ0v) is 21.6. The number of carbonyl (C=O) groups is 2. The Hall–Kier alpha value is -4.07. The van der Waals surface area contributed by atoms with E-state index in [0.717, 1.165) is 36.9 Å². The third-order valence-electron chi connectivity index (χ3n) is 7.00. The first kappa shape index (κ1) is 25.6. The molecule has 5 rings (SSSR count). The lowest BCUT2D eigenvalue weighted by molar-refractivity contribution is -0.123. The van der Waals surface area contributed by atoms with Crippen molar-refractivity contribution in [3.05, 3.63) is 78.1 Å². The molecule has 2 N–H and O–H groups in total. The summed E-state index contributed by atoms with van der Waals surface area (Å²) in [5, 5.41) is 6.68. The van der Waals surface area contributed by atoms with Crippen LogP contribution in [0.3, 0.4) is 0 Å². The van der Waals surface area contributed by atoms with Crippen molar-refractivity contribution in [3.8, 4) is 17.2 Å². The summed E-state index contributed by atoms with van der Waals surface area (Å²) in [5.74, 6) is 1.25. The van der Waals surface area contributed by atoms with Gasteiger partial charge in [0.05, 0.1) is 19.3 Å². The Labute approximate surface area is 221 Å². The molecule has 2 aliphatic carbocycles. The lowest BCUT2D eigenvalue weighted by Crippen LogP contribution is -2.50. The molecule has 3 aromatic carbocycles. The van der Waals surface area contributed by atoms with Crippen LogP contribution >= 0.6 is 0 Å². The summed E-state index contributed by atoms with van der Waals surface area (Å²) in [5.41, 5.74) is 2.01. The van der Waals surface area contributed by atoms with Crippen LogP contribution in [0.2, 0.25) is 0 Å². The molecular formula is C30H32FN3O4. The number of nitrogens with one attached hydrogen (secondary N) is 2. The lowest BCUT2D eigenvalue weighted by atomic mass is 9.86. The summed E-state index contributed by atoms with van der Waals surface area (Å²) in [6, 6.07) is 19.4. The van der Waals surface area contributed by atoms with Crippen molar-refractivity contribution in [2.75, 3.05) is 17.3 Å².